The van der Waals surface area contributed by atoms with Crippen molar-refractivity contribution in [2.75, 3.05) is 106 Å². The monoisotopic (exact) mass is 1270 g/mol. The number of hydrogen-bond donors (Lipinski definition) is 0. The highest BCUT2D eigenvalue weighted by atomic mass is 16.9. The Balaban J connectivity index is 4.71. The van der Waals surface area contributed by atoms with Crippen molar-refractivity contribution >= 4 is 11.9 Å². The Hall–Kier alpha value is -3.06. The van der Waals surface area contributed by atoms with Crippen LogP contribution >= 0.6 is 0 Å². The first-order valence-electron chi connectivity index (χ1n) is 34.3. The van der Waals surface area contributed by atoms with Crippen LogP contribution in [0.3, 0.4) is 0 Å². The zero-order chi connectivity index (χ0) is 66.7. The van der Waals surface area contributed by atoms with Crippen molar-refractivity contribution in [3.63, 3.8) is 0 Å². The zero-order valence-electron chi connectivity index (χ0n) is 58.9. The van der Waals surface area contributed by atoms with E-state index in [1.807, 2.05) is 125 Å². The van der Waals surface area contributed by atoms with Gasteiger partial charge in [0.1, 0.15) is 0 Å². The van der Waals surface area contributed by atoms with Gasteiger partial charge in [0, 0.05) is 30.8 Å². The number of ether oxygens (including phenoxy) is 18. The standard InChI is InChI=1S/C69H124O20/c1-21-39-72-59-57(88-55(70)37-17)62(74-41-23-3,66(80-47-29-9,81-48-30-10)68(84-51-33-13,85-52-34-14)64(59,76-43-25-5)77-44-26-6)61(19,20)63(75-42-24-4)58(89-56(71)38-18)60(73-40-22-2)65(78-45-27-7,79-46-28-8)69(86-53-35-15,87-54-36-16)67(63,82-49-31-11)83-50-32-12/h37-38H,17-18,21-36,39-54H2,1-16,19-20H3. The van der Waals surface area contributed by atoms with Crippen molar-refractivity contribution in [3.8, 4) is 0 Å². The Kier molecular flexibility index (Phi) is 37.7. The molecule has 2 aliphatic carbocycles. The molecule has 89 heavy (non-hydrogen) atoms. The van der Waals surface area contributed by atoms with Crippen LogP contribution in [-0.2, 0) is 94.9 Å². The van der Waals surface area contributed by atoms with Crippen LogP contribution < -0.4 is 0 Å². The number of carbonyl (C=O) groups excluding carboxylic acids is 2. The fourth-order valence-electron chi connectivity index (χ4n) is 11.6. The maximum Gasteiger partial charge on any atom is 0.335 e. The normalized spacial score (nSPS) is 20.8. The summed E-state index contributed by atoms with van der Waals surface area (Å²) < 4.78 is 137. The third-order valence-electron chi connectivity index (χ3n) is 14.9. The van der Waals surface area contributed by atoms with Crippen LogP contribution in [0.5, 0.6) is 0 Å². The average Bonchev–Trinajstić information content (AvgIpc) is 0.664. The molecule has 0 amide bonds. The van der Waals surface area contributed by atoms with Gasteiger partial charge in [0.25, 0.3) is 34.7 Å². The molecular formula is C69H124O20. The lowest BCUT2D eigenvalue weighted by atomic mass is 9.50. The summed E-state index contributed by atoms with van der Waals surface area (Å²) in [5.74, 6) is -18.3. The summed E-state index contributed by atoms with van der Waals surface area (Å²) >= 11 is 0. The largest absolute Gasteiger partial charge is 0.489 e. The first-order chi connectivity index (χ1) is 42.9. The van der Waals surface area contributed by atoms with Gasteiger partial charge >= 0.3 is 11.9 Å². The number of esters is 2. The molecule has 2 aliphatic rings. The van der Waals surface area contributed by atoms with Gasteiger partial charge in [0.2, 0.25) is 11.5 Å². The SMILES string of the molecule is C=CC(=O)OC1=C(OCCC)C(OCCC)(OCCC)C(OCCC)(OCCC)C(OCCC)(OCCC)C1(OCCC)C(C)(C)C1(OCCC)C(OC(=O)C=C)=C(OCCC)C(OCCC)(OCCC)C(OCCC)(OCCC)C1(OCCC)OCCC. The Morgan fingerprint density at radius 2 is 0.483 bits per heavy atom. The van der Waals surface area contributed by atoms with E-state index in [2.05, 4.69) is 13.2 Å². The van der Waals surface area contributed by atoms with Crippen LogP contribution in [0.4, 0.5) is 0 Å². The molecule has 0 spiro atoms. The van der Waals surface area contributed by atoms with Crippen LogP contribution in [0, 0.1) is 5.41 Å². The lowest BCUT2D eigenvalue weighted by molar-refractivity contribution is -0.556. The van der Waals surface area contributed by atoms with Crippen molar-refractivity contribution in [3.05, 3.63) is 48.3 Å². The molecule has 0 N–H and O–H groups in total. The molecule has 0 aromatic carbocycles. The molecular weight excluding hydrogens is 1150 g/mol. The van der Waals surface area contributed by atoms with Gasteiger partial charge in [-0.25, -0.2) is 9.59 Å². The molecule has 0 radical (unpaired) electrons. The molecule has 520 valence electrons. The zero-order valence-corrected chi connectivity index (χ0v) is 58.9. The summed E-state index contributed by atoms with van der Waals surface area (Å²) in [7, 11) is 0. The van der Waals surface area contributed by atoms with Gasteiger partial charge in [-0.05, 0) is 103 Å². The van der Waals surface area contributed by atoms with Crippen LogP contribution in [0.2, 0.25) is 0 Å². The number of rotatable bonds is 54. The fourth-order valence-corrected chi connectivity index (χ4v) is 11.6. The number of carbonyl (C=O) groups is 2. The summed E-state index contributed by atoms with van der Waals surface area (Å²) in [6.07, 6.45) is 8.48. The van der Waals surface area contributed by atoms with E-state index in [0.29, 0.717) is 103 Å². The van der Waals surface area contributed by atoms with E-state index in [9.17, 15) is 0 Å². The van der Waals surface area contributed by atoms with Crippen LogP contribution in [0.25, 0.3) is 0 Å². The molecule has 0 saturated carbocycles. The smallest absolute Gasteiger partial charge is 0.335 e. The van der Waals surface area contributed by atoms with Crippen molar-refractivity contribution in [2.45, 2.75) is 273 Å². The highest BCUT2D eigenvalue weighted by Gasteiger charge is 2.96. The molecule has 2 unspecified atom stereocenters. The Labute approximate surface area is 537 Å². The van der Waals surface area contributed by atoms with E-state index < -0.39 is 63.3 Å². The molecule has 0 bridgehead atoms. The summed E-state index contributed by atoms with van der Waals surface area (Å²) in [6, 6.07) is 0. The molecule has 0 aromatic heterocycles. The molecule has 20 nitrogen and oxygen atoms in total. The van der Waals surface area contributed by atoms with Crippen molar-refractivity contribution in [1.82, 2.24) is 0 Å². The first-order valence-corrected chi connectivity index (χ1v) is 34.3. The lowest BCUT2D eigenvalue weighted by Gasteiger charge is -2.72. The second-order valence-electron chi connectivity index (χ2n) is 22.8. The predicted molar refractivity (Wildman–Crippen MR) is 342 cm³/mol. The van der Waals surface area contributed by atoms with E-state index in [4.69, 9.17) is 85.3 Å². The Bertz CT molecular complexity index is 1900. The molecule has 2 rings (SSSR count). The minimum atomic E-state index is -2.69. The summed E-state index contributed by atoms with van der Waals surface area (Å²) in [6.45, 7) is 42.1. The van der Waals surface area contributed by atoms with E-state index in [0.717, 1.165) is 12.2 Å². The topological polar surface area (TPSA) is 200 Å². The van der Waals surface area contributed by atoms with Crippen molar-refractivity contribution < 1.29 is 94.9 Å². The summed E-state index contributed by atoms with van der Waals surface area (Å²) in [5, 5.41) is 0. The van der Waals surface area contributed by atoms with Crippen molar-refractivity contribution in [1.29, 1.82) is 0 Å². The maximum atomic E-state index is 15.3. The Morgan fingerprint density at radius 1 is 0.292 bits per heavy atom. The third-order valence-corrected chi connectivity index (χ3v) is 14.9. The second-order valence-corrected chi connectivity index (χ2v) is 22.8. The molecule has 0 aliphatic heterocycles. The third kappa shape index (κ3) is 16.0. The van der Waals surface area contributed by atoms with Gasteiger partial charge in [-0.3, -0.25) is 0 Å². The predicted octanol–water partition coefficient (Wildman–Crippen LogP) is 14.4. The van der Waals surface area contributed by atoms with Crippen LogP contribution in [0.15, 0.2) is 48.3 Å². The van der Waals surface area contributed by atoms with Gasteiger partial charge in [-0.15, -0.1) is 0 Å². The first kappa shape index (κ1) is 82.0. The summed E-state index contributed by atoms with van der Waals surface area (Å²) in [5.41, 5.74) is -7.70. The molecule has 0 heterocycles. The summed E-state index contributed by atoms with van der Waals surface area (Å²) in [4.78, 5) is 30.6. The van der Waals surface area contributed by atoms with E-state index in [1.54, 1.807) is 0 Å². The average molecular weight is 1270 g/mol. The second kappa shape index (κ2) is 40.9. The van der Waals surface area contributed by atoms with Gasteiger partial charge in [0.15, 0.2) is 22.7 Å². The van der Waals surface area contributed by atoms with E-state index >= 15 is 9.59 Å². The molecule has 0 saturated heterocycles. The van der Waals surface area contributed by atoms with E-state index in [-0.39, 0.29) is 129 Å². The quantitative estimate of drug-likeness (QED) is 0.0316. The molecule has 0 aromatic rings. The van der Waals surface area contributed by atoms with Crippen molar-refractivity contribution in [2.24, 2.45) is 5.41 Å². The Morgan fingerprint density at radius 3 is 0.685 bits per heavy atom. The number of hydrogen-bond acceptors (Lipinski definition) is 20. The highest BCUT2D eigenvalue weighted by Crippen LogP contribution is 2.73. The highest BCUT2D eigenvalue weighted by molar-refractivity contribution is 5.83. The minimum Gasteiger partial charge on any atom is -0.489 e. The van der Waals surface area contributed by atoms with E-state index in [1.165, 1.54) is 0 Å². The van der Waals surface area contributed by atoms with Crippen LogP contribution in [-0.4, -0.2) is 164 Å². The van der Waals surface area contributed by atoms with Crippen LogP contribution in [0.1, 0.15) is 227 Å². The van der Waals surface area contributed by atoms with Gasteiger partial charge < -0.3 is 85.3 Å². The van der Waals surface area contributed by atoms with Gasteiger partial charge in [-0.1, -0.05) is 138 Å². The molecule has 20 heteroatoms. The van der Waals surface area contributed by atoms with Gasteiger partial charge in [0.05, 0.1) is 92.5 Å². The maximum absolute atomic E-state index is 15.3. The lowest BCUT2D eigenvalue weighted by Crippen LogP contribution is -2.93. The molecule has 2 atom stereocenters. The minimum absolute atomic E-state index is 0.0104. The van der Waals surface area contributed by atoms with Gasteiger partial charge in [-0.2, -0.15) is 0 Å². The fraction of sp³-hybridized carbons (Fsp3) is 0.855. The molecule has 0 fully saturated rings.